The fraction of sp³-hybridized carbons (Fsp3) is 0.278. The molecule has 0 atom stereocenters. The van der Waals surface area contributed by atoms with Crippen molar-refractivity contribution >= 4 is 35.0 Å². The summed E-state index contributed by atoms with van der Waals surface area (Å²) in [5, 5.41) is 1.19. The molecule has 2 rings (SSSR count). The van der Waals surface area contributed by atoms with Gasteiger partial charge in [0.1, 0.15) is 0 Å². The Kier molecular flexibility index (Phi) is 5.65. The highest BCUT2D eigenvalue weighted by Crippen LogP contribution is 2.35. The summed E-state index contributed by atoms with van der Waals surface area (Å²) in [6.07, 6.45) is 3.31. The Morgan fingerprint density at radius 3 is 2.38 bits per heavy atom. The minimum atomic E-state index is 0.224. The first-order chi connectivity index (χ1) is 9.85. The van der Waals surface area contributed by atoms with Gasteiger partial charge in [-0.25, -0.2) is 0 Å². The molecule has 0 aliphatic rings. The smallest absolute Gasteiger partial charge is 0.0603 e. The average Bonchev–Trinajstić information content (AvgIpc) is 2.41. The van der Waals surface area contributed by atoms with Gasteiger partial charge in [-0.3, -0.25) is 0 Å². The van der Waals surface area contributed by atoms with Crippen molar-refractivity contribution in [2.24, 2.45) is 5.41 Å². The molecule has 0 nitrogen and oxygen atoms in total. The quantitative estimate of drug-likeness (QED) is 0.582. The van der Waals surface area contributed by atoms with Crippen molar-refractivity contribution in [3.05, 3.63) is 64.5 Å². The maximum absolute atomic E-state index is 6.09. The molecule has 2 aromatic rings. The summed E-state index contributed by atoms with van der Waals surface area (Å²) in [4.78, 5) is 2.36. The minimum absolute atomic E-state index is 0.224. The summed E-state index contributed by atoms with van der Waals surface area (Å²) in [5.41, 5.74) is 1.56. The zero-order chi connectivity index (χ0) is 15.5. The van der Waals surface area contributed by atoms with Crippen molar-refractivity contribution in [3.8, 4) is 0 Å². The number of rotatable bonds is 4. The fourth-order valence-corrected chi connectivity index (χ4v) is 3.21. The molecule has 0 aliphatic carbocycles. The first-order valence-electron chi connectivity index (χ1n) is 6.90. The molecule has 0 N–H and O–H groups in total. The Labute approximate surface area is 141 Å². The second-order valence-corrected chi connectivity index (χ2v) is 7.99. The summed E-state index contributed by atoms with van der Waals surface area (Å²) in [5.74, 6) is 0. The van der Waals surface area contributed by atoms with E-state index in [1.54, 1.807) is 11.8 Å². The lowest BCUT2D eigenvalue weighted by Crippen LogP contribution is -2.07. The van der Waals surface area contributed by atoms with Gasteiger partial charge in [-0.15, -0.1) is 0 Å². The molecule has 0 bridgehead atoms. The predicted octanol–water partition coefficient (Wildman–Crippen LogP) is 6.94. The van der Waals surface area contributed by atoms with Crippen molar-refractivity contribution in [2.45, 2.75) is 37.0 Å². The van der Waals surface area contributed by atoms with E-state index < -0.39 is 0 Å². The van der Waals surface area contributed by atoms with Crippen LogP contribution in [0.5, 0.6) is 0 Å². The molecule has 2 aromatic carbocycles. The van der Waals surface area contributed by atoms with E-state index in [1.165, 1.54) is 10.5 Å². The minimum Gasteiger partial charge on any atom is -0.0898 e. The van der Waals surface area contributed by atoms with Crippen LogP contribution >= 0.6 is 35.0 Å². The Hall–Kier alpha value is -0.630. The van der Waals surface area contributed by atoms with Crippen LogP contribution in [0, 0.1) is 11.8 Å². The maximum atomic E-state index is 6.09. The van der Waals surface area contributed by atoms with Crippen LogP contribution in [0.3, 0.4) is 0 Å². The van der Waals surface area contributed by atoms with Crippen molar-refractivity contribution in [2.75, 3.05) is 0 Å². The van der Waals surface area contributed by atoms with Crippen LogP contribution < -0.4 is 0 Å². The summed E-state index contributed by atoms with van der Waals surface area (Å²) in [6, 6.07) is 14.3. The summed E-state index contributed by atoms with van der Waals surface area (Å²) < 4.78 is 0. The lowest BCUT2D eigenvalue weighted by molar-refractivity contribution is 0.482. The standard InChI is InChI=1S/C18H19Cl2S/c1-18(2,3)11-10-13-6-4-5-7-17(13)21-14-8-9-15(19)16(20)12-14/h4-9,11-12H,10H2,1-3H3. The van der Waals surface area contributed by atoms with E-state index in [1.807, 2.05) is 18.2 Å². The highest BCUT2D eigenvalue weighted by molar-refractivity contribution is 7.99. The molecule has 0 fully saturated rings. The summed E-state index contributed by atoms with van der Waals surface area (Å²) >= 11 is 13.8. The fourth-order valence-electron chi connectivity index (χ4n) is 1.86. The summed E-state index contributed by atoms with van der Waals surface area (Å²) in [7, 11) is 0. The third kappa shape index (κ3) is 5.25. The Bertz CT molecular complexity index is 615. The van der Waals surface area contributed by atoms with Crippen LogP contribution in [0.1, 0.15) is 26.3 Å². The molecule has 0 unspecified atom stereocenters. The molecule has 0 saturated carbocycles. The maximum Gasteiger partial charge on any atom is 0.0603 e. The van der Waals surface area contributed by atoms with Gasteiger partial charge in [0.15, 0.2) is 0 Å². The number of hydrogen-bond acceptors (Lipinski definition) is 1. The van der Waals surface area contributed by atoms with Crippen LogP contribution in [0.4, 0.5) is 0 Å². The largest absolute Gasteiger partial charge is 0.0898 e. The van der Waals surface area contributed by atoms with E-state index in [4.69, 9.17) is 23.2 Å². The molecule has 0 saturated heterocycles. The van der Waals surface area contributed by atoms with Gasteiger partial charge in [-0.2, -0.15) is 0 Å². The van der Waals surface area contributed by atoms with Crippen molar-refractivity contribution in [3.63, 3.8) is 0 Å². The van der Waals surface area contributed by atoms with Gasteiger partial charge in [-0.1, -0.05) is 73.9 Å². The molecule has 0 spiro atoms. The first kappa shape index (κ1) is 16.7. The topological polar surface area (TPSA) is 0 Å². The van der Waals surface area contributed by atoms with Gasteiger partial charge in [-0.05, 0) is 48.1 Å². The molecule has 21 heavy (non-hydrogen) atoms. The highest BCUT2D eigenvalue weighted by Gasteiger charge is 2.12. The molecular weight excluding hydrogens is 319 g/mol. The number of benzene rings is 2. The van der Waals surface area contributed by atoms with Crippen LogP contribution in [0.25, 0.3) is 0 Å². The molecule has 111 valence electrons. The average molecular weight is 338 g/mol. The lowest BCUT2D eigenvalue weighted by Gasteiger charge is -2.18. The molecule has 0 aliphatic heterocycles. The van der Waals surface area contributed by atoms with Crippen molar-refractivity contribution < 1.29 is 0 Å². The zero-order valence-corrected chi connectivity index (χ0v) is 14.8. The molecular formula is C18H19Cl2S. The van der Waals surface area contributed by atoms with E-state index in [2.05, 4.69) is 51.5 Å². The third-order valence-electron chi connectivity index (χ3n) is 3.03. The van der Waals surface area contributed by atoms with Crippen LogP contribution in [0.15, 0.2) is 52.3 Å². The van der Waals surface area contributed by atoms with Gasteiger partial charge < -0.3 is 0 Å². The summed E-state index contributed by atoms with van der Waals surface area (Å²) in [6.45, 7) is 6.67. The van der Waals surface area contributed by atoms with Gasteiger partial charge in [0.25, 0.3) is 0 Å². The Morgan fingerprint density at radius 2 is 1.71 bits per heavy atom. The van der Waals surface area contributed by atoms with E-state index in [0.717, 1.165) is 11.3 Å². The second-order valence-electron chi connectivity index (χ2n) is 6.06. The van der Waals surface area contributed by atoms with Gasteiger partial charge in [0.05, 0.1) is 10.0 Å². The Morgan fingerprint density at radius 1 is 1.00 bits per heavy atom. The van der Waals surface area contributed by atoms with Crippen molar-refractivity contribution in [1.82, 2.24) is 0 Å². The van der Waals surface area contributed by atoms with E-state index in [0.29, 0.717) is 10.0 Å². The molecule has 0 heterocycles. The van der Waals surface area contributed by atoms with E-state index >= 15 is 0 Å². The van der Waals surface area contributed by atoms with E-state index in [9.17, 15) is 0 Å². The number of hydrogen-bond donors (Lipinski definition) is 0. The monoisotopic (exact) mass is 337 g/mol. The van der Waals surface area contributed by atoms with Crippen LogP contribution in [-0.4, -0.2) is 0 Å². The van der Waals surface area contributed by atoms with Crippen molar-refractivity contribution in [1.29, 1.82) is 0 Å². The molecule has 3 heteroatoms. The van der Waals surface area contributed by atoms with E-state index in [-0.39, 0.29) is 5.41 Å². The molecule has 1 radical (unpaired) electrons. The third-order valence-corrected chi connectivity index (χ3v) is 4.87. The van der Waals surface area contributed by atoms with Gasteiger partial charge in [0.2, 0.25) is 0 Å². The highest BCUT2D eigenvalue weighted by atomic mass is 35.5. The van der Waals surface area contributed by atoms with Gasteiger partial charge in [0, 0.05) is 9.79 Å². The molecule has 0 amide bonds. The second kappa shape index (κ2) is 7.09. The number of halogens is 2. The van der Waals surface area contributed by atoms with Crippen LogP contribution in [-0.2, 0) is 6.42 Å². The van der Waals surface area contributed by atoms with Gasteiger partial charge >= 0.3 is 0 Å². The SMILES string of the molecule is CC(C)(C)[CH]Cc1ccccc1Sc1ccc(Cl)c(Cl)c1. The first-order valence-corrected chi connectivity index (χ1v) is 8.47. The Balaban J connectivity index is 2.17. The molecule has 0 aromatic heterocycles. The van der Waals surface area contributed by atoms with Crippen LogP contribution in [0.2, 0.25) is 10.0 Å². The predicted molar refractivity (Wildman–Crippen MR) is 94.5 cm³/mol. The lowest BCUT2D eigenvalue weighted by atomic mass is 9.89. The normalized spacial score (nSPS) is 11.7. The zero-order valence-electron chi connectivity index (χ0n) is 12.5.